The lowest BCUT2D eigenvalue weighted by molar-refractivity contribution is 0.379. The summed E-state index contributed by atoms with van der Waals surface area (Å²) in [5.74, 6) is 0.579. The van der Waals surface area contributed by atoms with Gasteiger partial charge in [0.15, 0.2) is 17.2 Å². The largest absolute Gasteiger partial charge is 0.493 e. The first-order valence-electron chi connectivity index (χ1n) is 8.85. The number of aliphatic imine (C=N–C) groups is 1. The van der Waals surface area contributed by atoms with Gasteiger partial charge in [-0.25, -0.2) is 22.5 Å². The Morgan fingerprint density at radius 2 is 1.80 bits per heavy atom. The fourth-order valence-corrected chi connectivity index (χ4v) is 4.01. The van der Waals surface area contributed by atoms with Gasteiger partial charge in [-0.05, 0) is 36.4 Å². The van der Waals surface area contributed by atoms with Crippen LogP contribution < -0.4 is 19.5 Å². The van der Waals surface area contributed by atoms with Crippen molar-refractivity contribution in [3.8, 4) is 17.2 Å². The lowest BCUT2D eigenvalue weighted by Crippen LogP contribution is -2.40. The van der Waals surface area contributed by atoms with Gasteiger partial charge in [0.2, 0.25) is 5.96 Å². The fraction of sp³-hybridized carbons (Fsp3) is 0.100. The summed E-state index contributed by atoms with van der Waals surface area (Å²) < 4.78 is 52.7. The molecule has 2 aromatic carbocycles. The van der Waals surface area contributed by atoms with Crippen molar-refractivity contribution in [2.24, 2.45) is 4.99 Å². The number of hydrogen-bond acceptors (Lipinski definition) is 6. The highest BCUT2D eigenvalue weighted by Crippen LogP contribution is 2.39. The summed E-state index contributed by atoms with van der Waals surface area (Å²) in [7, 11) is -2.39. The Kier molecular flexibility index (Phi) is 5.23. The maximum atomic E-state index is 13.8. The standard InChI is InChI=1S/C20H17FN4O4S/c1-28-15-7-2-3-8-16(15)29-17-9-4-10-18-19(17)24-20(25-30(18,26)27)23-12-14-13(21)6-5-11-22-14/h2-11H,12H2,1H3,(H2,23,24,25). The monoisotopic (exact) mass is 428 g/mol. The summed E-state index contributed by atoms with van der Waals surface area (Å²) in [5.41, 5.74) is 0.303. The zero-order chi connectivity index (χ0) is 21.1. The van der Waals surface area contributed by atoms with Gasteiger partial charge < -0.3 is 14.8 Å². The fourth-order valence-electron chi connectivity index (χ4n) is 2.85. The summed E-state index contributed by atoms with van der Waals surface area (Å²) in [5, 5.41) is 2.91. The first-order chi connectivity index (χ1) is 14.5. The summed E-state index contributed by atoms with van der Waals surface area (Å²) in [4.78, 5) is 8.03. The van der Waals surface area contributed by atoms with Gasteiger partial charge in [-0.3, -0.25) is 4.98 Å². The zero-order valence-corrected chi connectivity index (χ0v) is 16.6. The van der Waals surface area contributed by atoms with Gasteiger partial charge in [0.05, 0.1) is 19.3 Å². The van der Waals surface area contributed by atoms with Gasteiger partial charge in [-0.1, -0.05) is 18.2 Å². The van der Waals surface area contributed by atoms with E-state index in [0.29, 0.717) is 11.5 Å². The Morgan fingerprint density at radius 1 is 1.03 bits per heavy atom. The van der Waals surface area contributed by atoms with Crippen molar-refractivity contribution in [1.29, 1.82) is 0 Å². The molecule has 8 nitrogen and oxygen atoms in total. The maximum absolute atomic E-state index is 13.8. The molecule has 0 unspecified atom stereocenters. The lowest BCUT2D eigenvalue weighted by atomic mass is 10.2. The van der Waals surface area contributed by atoms with Crippen LogP contribution in [0.3, 0.4) is 0 Å². The first-order valence-corrected chi connectivity index (χ1v) is 10.3. The predicted molar refractivity (Wildman–Crippen MR) is 109 cm³/mol. The number of anilines is 1. The van der Waals surface area contributed by atoms with Crippen molar-refractivity contribution >= 4 is 21.7 Å². The lowest BCUT2D eigenvalue weighted by Gasteiger charge is -2.24. The molecule has 0 atom stereocenters. The van der Waals surface area contributed by atoms with E-state index in [1.54, 1.807) is 36.4 Å². The van der Waals surface area contributed by atoms with Crippen LogP contribution in [0.5, 0.6) is 17.2 Å². The third-order valence-corrected chi connectivity index (χ3v) is 5.64. The van der Waals surface area contributed by atoms with E-state index in [0.717, 1.165) is 0 Å². The van der Waals surface area contributed by atoms with Crippen LogP contribution in [-0.2, 0) is 16.6 Å². The molecule has 2 heterocycles. The van der Waals surface area contributed by atoms with E-state index in [4.69, 9.17) is 9.47 Å². The second-order valence-corrected chi connectivity index (χ2v) is 7.86. The van der Waals surface area contributed by atoms with E-state index in [2.05, 4.69) is 20.0 Å². The molecular formula is C20H17FN4O4S. The van der Waals surface area contributed by atoms with E-state index in [1.807, 2.05) is 0 Å². The van der Waals surface area contributed by atoms with Crippen molar-refractivity contribution in [2.75, 3.05) is 12.4 Å². The van der Waals surface area contributed by atoms with Gasteiger partial charge in [-0.2, -0.15) is 0 Å². The highest BCUT2D eigenvalue weighted by atomic mass is 32.2. The van der Waals surface area contributed by atoms with Crippen LogP contribution in [0.25, 0.3) is 0 Å². The summed E-state index contributed by atoms with van der Waals surface area (Å²) in [6.07, 6.45) is 1.44. The SMILES string of the molecule is COc1ccccc1Oc1cccc2c1NC(=NCc1ncccc1F)NS2(=O)=O. The van der Waals surface area contributed by atoms with E-state index in [9.17, 15) is 12.8 Å². The second-order valence-electron chi connectivity index (χ2n) is 6.21. The predicted octanol–water partition coefficient (Wildman–Crippen LogP) is 3.28. The second kappa shape index (κ2) is 7.99. The molecule has 0 bridgehead atoms. The number of ether oxygens (including phenoxy) is 2. The molecule has 0 aliphatic carbocycles. The number of hydrogen-bond donors (Lipinski definition) is 2. The Hall–Kier alpha value is -3.66. The molecule has 3 aromatic rings. The molecule has 1 aliphatic heterocycles. The maximum Gasteiger partial charge on any atom is 0.266 e. The number of nitrogens with one attached hydrogen (secondary N) is 2. The van der Waals surface area contributed by atoms with Crippen LogP contribution >= 0.6 is 0 Å². The van der Waals surface area contributed by atoms with Crippen LogP contribution in [0, 0.1) is 5.82 Å². The average Bonchev–Trinajstić information content (AvgIpc) is 2.74. The molecule has 2 N–H and O–H groups in total. The van der Waals surface area contributed by atoms with E-state index < -0.39 is 15.8 Å². The summed E-state index contributed by atoms with van der Waals surface area (Å²) >= 11 is 0. The number of halogens is 1. The van der Waals surface area contributed by atoms with Crippen molar-refractivity contribution in [3.05, 3.63) is 72.3 Å². The van der Waals surface area contributed by atoms with Gasteiger partial charge in [0.25, 0.3) is 10.0 Å². The summed E-state index contributed by atoms with van der Waals surface area (Å²) in [6.45, 7) is -0.150. The zero-order valence-electron chi connectivity index (χ0n) is 15.8. The molecule has 4 rings (SSSR count). The normalized spacial score (nSPS) is 15.6. The van der Waals surface area contributed by atoms with Crippen molar-refractivity contribution in [3.63, 3.8) is 0 Å². The molecular weight excluding hydrogens is 411 g/mol. The number of sulfonamides is 1. The molecule has 154 valence electrons. The summed E-state index contributed by atoms with van der Waals surface area (Å²) in [6, 6.07) is 14.3. The minimum absolute atomic E-state index is 0.00198. The van der Waals surface area contributed by atoms with Crippen LogP contribution in [0.1, 0.15) is 5.69 Å². The highest BCUT2D eigenvalue weighted by Gasteiger charge is 2.29. The molecule has 0 amide bonds. The Balaban J connectivity index is 1.69. The third-order valence-electron chi connectivity index (χ3n) is 4.26. The molecule has 1 aliphatic rings. The first kappa shape index (κ1) is 19.6. The molecule has 0 radical (unpaired) electrons. The number of para-hydroxylation sites is 3. The number of pyridine rings is 1. The smallest absolute Gasteiger partial charge is 0.266 e. The third kappa shape index (κ3) is 3.90. The van der Waals surface area contributed by atoms with Crippen LogP contribution in [0.2, 0.25) is 0 Å². The molecule has 0 fully saturated rings. The Morgan fingerprint density at radius 3 is 2.57 bits per heavy atom. The molecule has 0 saturated heterocycles. The topological polar surface area (TPSA) is 102 Å². The molecule has 0 spiro atoms. The van der Waals surface area contributed by atoms with E-state index in [-0.39, 0.29) is 34.5 Å². The van der Waals surface area contributed by atoms with Crippen LogP contribution in [-0.4, -0.2) is 26.5 Å². The van der Waals surface area contributed by atoms with E-state index in [1.165, 1.54) is 31.5 Å². The minimum atomic E-state index is -3.90. The molecule has 1 aromatic heterocycles. The van der Waals surface area contributed by atoms with Gasteiger partial charge in [0, 0.05) is 6.20 Å². The van der Waals surface area contributed by atoms with Gasteiger partial charge >= 0.3 is 0 Å². The van der Waals surface area contributed by atoms with Crippen molar-refractivity contribution in [1.82, 2.24) is 9.71 Å². The van der Waals surface area contributed by atoms with Crippen LogP contribution in [0.15, 0.2) is 70.7 Å². The number of guanidine groups is 1. The van der Waals surface area contributed by atoms with Gasteiger partial charge in [-0.15, -0.1) is 0 Å². The molecule has 0 saturated carbocycles. The molecule has 10 heteroatoms. The van der Waals surface area contributed by atoms with Gasteiger partial charge in [0.1, 0.15) is 16.4 Å². The van der Waals surface area contributed by atoms with Crippen molar-refractivity contribution < 1.29 is 22.3 Å². The van der Waals surface area contributed by atoms with E-state index >= 15 is 0 Å². The number of benzene rings is 2. The molecule has 30 heavy (non-hydrogen) atoms. The minimum Gasteiger partial charge on any atom is -0.493 e. The number of methoxy groups -OCH3 is 1. The van der Waals surface area contributed by atoms with Crippen LogP contribution in [0.4, 0.5) is 10.1 Å². The Bertz CT molecular complexity index is 1230. The van der Waals surface area contributed by atoms with Crippen molar-refractivity contribution in [2.45, 2.75) is 11.4 Å². The number of rotatable bonds is 5. The number of fused-ring (bicyclic) bond motifs is 1. The quantitative estimate of drug-likeness (QED) is 0.647. The highest BCUT2D eigenvalue weighted by molar-refractivity contribution is 7.90. The number of nitrogens with zero attached hydrogens (tertiary/aromatic N) is 2. The Labute approximate surface area is 172 Å². The average molecular weight is 428 g/mol. The number of aromatic nitrogens is 1.